The van der Waals surface area contributed by atoms with E-state index in [1.165, 1.54) is 20.8 Å². The van der Waals surface area contributed by atoms with Crippen molar-refractivity contribution in [3.8, 4) is 0 Å². The van der Waals surface area contributed by atoms with E-state index in [0.717, 1.165) is 0 Å². The molecule has 3 nitrogen and oxygen atoms in total. The predicted octanol–water partition coefficient (Wildman–Crippen LogP) is -0.359. The summed E-state index contributed by atoms with van der Waals surface area (Å²) in [5.74, 6) is -0.250. The zero-order valence-electron chi connectivity index (χ0n) is 8.35. The minimum absolute atomic E-state index is 0. The molecule has 0 amide bonds. The van der Waals surface area contributed by atoms with Gasteiger partial charge in [-0.3, -0.25) is 0 Å². The third-order valence-corrected chi connectivity index (χ3v) is 0. The van der Waals surface area contributed by atoms with Gasteiger partial charge in [0.15, 0.2) is 0 Å². The first-order chi connectivity index (χ1) is 5.20. The second kappa shape index (κ2) is 17.9. The van der Waals surface area contributed by atoms with Gasteiger partial charge in [-0.05, 0) is 0 Å². The van der Waals surface area contributed by atoms with Crippen molar-refractivity contribution in [2.45, 2.75) is 20.8 Å². The van der Waals surface area contributed by atoms with Crippen LogP contribution in [0.5, 0.6) is 0 Å². The van der Waals surface area contributed by atoms with Crippen molar-refractivity contribution in [3.05, 3.63) is 37.0 Å². The van der Waals surface area contributed by atoms with E-state index >= 15 is 0 Å². The second-order valence-electron chi connectivity index (χ2n) is 2.11. The van der Waals surface area contributed by atoms with Gasteiger partial charge in [-0.15, -0.1) is 37.0 Å². The Balaban J connectivity index is -0.0000000450. The molecule has 0 heterocycles. The molecule has 0 saturated heterocycles. The SMILES string of the molecule is C=C(C)[O-].C=C(C)[O-].C=C(C)[O-].[Ce+3]. The summed E-state index contributed by atoms with van der Waals surface area (Å²) < 4.78 is 0. The Bertz CT molecular complexity index is 112. The molecule has 0 aromatic carbocycles. The zero-order chi connectivity index (χ0) is 10.7. The van der Waals surface area contributed by atoms with Gasteiger partial charge in [0.1, 0.15) is 0 Å². The van der Waals surface area contributed by atoms with Gasteiger partial charge >= 0.3 is 41.7 Å². The Hall–Kier alpha value is -0.00338. The summed E-state index contributed by atoms with van der Waals surface area (Å²) in [6.45, 7) is 13.2. The molecule has 0 N–H and O–H groups in total. The summed E-state index contributed by atoms with van der Waals surface area (Å²) in [6.07, 6.45) is 0. The van der Waals surface area contributed by atoms with E-state index < -0.39 is 0 Å². The molecule has 0 spiro atoms. The average molecular weight is 311 g/mol. The number of hydrogen-bond donors (Lipinski definition) is 0. The van der Waals surface area contributed by atoms with Gasteiger partial charge in [-0.2, -0.15) is 0 Å². The fraction of sp³-hybridized carbons (Fsp3) is 0.333. The number of rotatable bonds is 0. The minimum Gasteiger partial charge on any atom is -0.876 e. The van der Waals surface area contributed by atoms with Crippen LogP contribution in [0.2, 0.25) is 0 Å². The van der Waals surface area contributed by atoms with E-state index in [1.54, 1.807) is 0 Å². The normalized spacial score (nSPS) is 5.77. The average Bonchev–Trinajstić information content (AvgIpc) is 1.54. The summed E-state index contributed by atoms with van der Waals surface area (Å²) in [5, 5.41) is 28.0. The van der Waals surface area contributed by atoms with Crippen molar-refractivity contribution in [1.29, 1.82) is 0 Å². The van der Waals surface area contributed by atoms with Gasteiger partial charge < -0.3 is 15.3 Å². The Morgan fingerprint density at radius 3 is 0.692 bits per heavy atom. The summed E-state index contributed by atoms with van der Waals surface area (Å²) in [6, 6.07) is 0. The number of hydrogen-bond acceptors (Lipinski definition) is 3. The quantitative estimate of drug-likeness (QED) is 0.574. The summed E-state index contributed by atoms with van der Waals surface area (Å²) in [5.41, 5.74) is 0. The first kappa shape index (κ1) is 23.1. The van der Waals surface area contributed by atoms with Crippen molar-refractivity contribution in [3.63, 3.8) is 0 Å². The standard InChI is InChI=1S/3C3H6O.Ce/c3*1-3(2)4;/h3*4H,1H2,2H3;/q;;;+3/p-3. The molecule has 0 aliphatic rings. The minimum atomic E-state index is -0.0833. The molecule has 0 rings (SSSR count). The molecular formula is C9H15CeO3. The van der Waals surface area contributed by atoms with Crippen LogP contribution in [-0.2, 0) is 0 Å². The van der Waals surface area contributed by atoms with Gasteiger partial charge in [0.2, 0.25) is 0 Å². The van der Waals surface area contributed by atoms with Crippen LogP contribution in [0.1, 0.15) is 20.8 Å². The van der Waals surface area contributed by atoms with Gasteiger partial charge in [0.05, 0.1) is 0 Å². The van der Waals surface area contributed by atoms with Crippen molar-refractivity contribution in [2.75, 3.05) is 0 Å². The van der Waals surface area contributed by atoms with Gasteiger partial charge in [0.25, 0.3) is 0 Å². The Morgan fingerprint density at radius 2 is 0.692 bits per heavy atom. The van der Waals surface area contributed by atoms with Crippen LogP contribution < -0.4 is 15.3 Å². The van der Waals surface area contributed by atoms with Crippen LogP contribution in [-0.4, -0.2) is 0 Å². The smallest absolute Gasteiger partial charge is 0.876 e. The van der Waals surface area contributed by atoms with Crippen LogP contribution in [0, 0.1) is 41.7 Å². The summed E-state index contributed by atoms with van der Waals surface area (Å²) in [4.78, 5) is 0. The van der Waals surface area contributed by atoms with Crippen molar-refractivity contribution >= 4 is 0 Å². The van der Waals surface area contributed by atoms with E-state index in [1.807, 2.05) is 0 Å². The largest absolute Gasteiger partial charge is 3.00 e. The van der Waals surface area contributed by atoms with E-state index in [4.69, 9.17) is 0 Å². The molecular weight excluding hydrogens is 296 g/mol. The van der Waals surface area contributed by atoms with Gasteiger partial charge in [-0.25, -0.2) is 0 Å². The van der Waals surface area contributed by atoms with E-state index in [2.05, 4.69) is 19.7 Å². The topological polar surface area (TPSA) is 69.2 Å². The predicted molar refractivity (Wildman–Crippen MR) is 44.4 cm³/mol. The molecule has 0 fully saturated rings. The van der Waals surface area contributed by atoms with Gasteiger partial charge in [-0.1, -0.05) is 20.8 Å². The third kappa shape index (κ3) is 105000000. The van der Waals surface area contributed by atoms with Crippen LogP contribution in [0.25, 0.3) is 0 Å². The Morgan fingerprint density at radius 1 is 0.692 bits per heavy atom. The van der Waals surface area contributed by atoms with Crippen LogP contribution >= 0.6 is 0 Å². The van der Waals surface area contributed by atoms with E-state index in [-0.39, 0.29) is 59.0 Å². The molecule has 0 aromatic heterocycles. The van der Waals surface area contributed by atoms with Gasteiger partial charge in [0, 0.05) is 0 Å². The van der Waals surface area contributed by atoms with Crippen LogP contribution in [0.4, 0.5) is 0 Å². The summed E-state index contributed by atoms with van der Waals surface area (Å²) >= 11 is 0. The molecule has 0 unspecified atom stereocenters. The first-order valence-corrected chi connectivity index (χ1v) is 3.17. The molecule has 0 aliphatic carbocycles. The molecule has 4 heteroatoms. The third-order valence-electron chi connectivity index (χ3n) is 0. The summed E-state index contributed by atoms with van der Waals surface area (Å²) in [7, 11) is 0. The second-order valence-corrected chi connectivity index (χ2v) is 2.11. The maximum atomic E-state index is 9.33. The molecule has 0 atom stereocenters. The zero-order valence-corrected chi connectivity index (χ0v) is 11.5. The Labute approximate surface area is 114 Å². The van der Waals surface area contributed by atoms with Crippen LogP contribution in [0.15, 0.2) is 37.0 Å². The maximum Gasteiger partial charge on any atom is 3.00 e. The number of allylic oxidation sites excluding steroid dienone is 3. The molecule has 0 aliphatic heterocycles. The molecule has 13 heavy (non-hydrogen) atoms. The molecule has 0 aromatic rings. The van der Waals surface area contributed by atoms with Crippen LogP contribution in [0.3, 0.4) is 0 Å². The fourth-order valence-corrected chi connectivity index (χ4v) is 0. The molecule has 0 saturated carbocycles. The molecule has 1 radical (unpaired) electrons. The monoisotopic (exact) mass is 311 g/mol. The maximum absolute atomic E-state index is 9.33. The molecule has 0 bridgehead atoms. The Kier molecular flexibility index (Phi) is 31.9. The molecule has 73 valence electrons. The van der Waals surface area contributed by atoms with Crippen molar-refractivity contribution in [2.24, 2.45) is 0 Å². The first-order valence-electron chi connectivity index (χ1n) is 3.17. The van der Waals surface area contributed by atoms with Crippen molar-refractivity contribution in [1.82, 2.24) is 0 Å². The van der Waals surface area contributed by atoms with Crippen molar-refractivity contribution < 1.29 is 57.1 Å². The van der Waals surface area contributed by atoms with E-state index in [0.29, 0.717) is 0 Å². The fourth-order valence-electron chi connectivity index (χ4n) is 0. The van der Waals surface area contributed by atoms with E-state index in [9.17, 15) is 15.3 Å².